The number of aromatic nitrogens is 3. The second-order valence-corrected chi connectivity index (χ2v) is 10.0. The van der Waals surface area contributed by atoms with Crippen LogP contribution in [0.15, 0.2) is 46.2 Å². The molecule has 1 saturated heterocycles. The van der Waals surface area contributed by atoms with E-state index in [1.165, 1.54) is 18.2 Å². The molecule has 1 amide bonds. The van der Waals surface area contributed by atoms with Crippen molar-refractivity contribution in [2.75, 3.05) is 35.7 Å². The quantitative estimate of drug-likeness (QED) is 0.403. The number of nitrogens with one attached hydrogen (secondary N) is 1. The summed E-state index contributed by atoms with van der Waals surface area (Å²) in [7, 11) is 0. The van der Waals surface area contributed by atoms with Crippen molar-refractivity contribution < 1.29 is 18.7 Å². The number of hydrogen-bond acceptors (Lipinski definition) is 8. The fourth-order valence-electron chi connectivity index (χ4n) is 4.61. The number of rotatable bonds is 7. The first-order valence-electron chi connectivity index (χ1n) is 11.4. The van der Waals surface area contributed by atoms with E-state index in [9.17, 15) is 9.59 Å². The number of anilines is 2. The maximum Gasteiger partial charge on any atom is 0.262 e. The Hall–Kier alpha value is -3.27. The standard InChI is InChI=1S/C24H27N5O4S/c1-15-8-16(2)11-28(10-15)23-26-27-24(29(23)12-18-4-3-7-32-18)34-14-20(30)17-5-6-21-19(9-17)25-22(31)13-33-21/h3-7,9,15-16H,8,10-14H2,1-2H3,(H,25,31). The van der Waals surface area contributed by atoms with E-state index >= 15 is 0 Å². The van der Waals surface area contributed by atoms with Crippen LogP contribution >= 0.6 is 11.8 Å². The zero-order chi connectivity index (χ0) is 23.7. The number of carbonyl (C=O) groups excluding carboxylic acids is 2. The van der Waals surface area contributed by atoms with Crippen LogP contribution in [-0.4, -0.2) is 51.9 Å². The summed E-state index contributed by atoms with van der Waals surface area (Å²) in [6.07, 6.45) is 2.85. The summed E-state index contributed by atoms with van der Waals surface area (Å²) in [6.45, 7) is 6.85. The highest BCUT2D eigenvalue weighted by atomic mass is 32.2. The van der Waals surface area contributed by atoms with Gasteiger partial charge in [0.2, 0.25) is 5.95 Å². The number of hydrogen-bond donors (Lipinski definition) is 1. The second-order valence-electron chi connectivity index (χ2n) is 9.06. The van der Waals surface area contributed by atoms with Gasteiger partial charge in [0.25, 0.3) is 5.91 Å². The van der Waals surface area contributed by atoms with Crippen molar-refractivity contribution in [1.82, 2.24) is 14.8 Å². The summed E-state index contributed by atoms with van der Waals surface area (Å²) < 4.78 is 13.0. The van der Waals surface area contributed by atoms with Gasteiger partial charge in [0, 0.05) is 18.7 Å². The van der Waals surface area contributed by atoms with E-state index in [0.717, 1.165) is 24.8 Å². The molecule has 10 heteroatoms. The van der Waals surface area contributed by atoms with Crippen LogP contribution in [0.1, 0.15) is 36.4 Å². The van der Waals surface area contributed by atoms with Gasteiger partial charge in [-0.25, -0.2) is 0 Å². The van der Waals surface area contributed by atoms with Gasteiger partial charge in [-0.1, -0.05) is 25.6 Å². The molecule has 2 aliphatic rings. The van der Waals surface area contributed by atoms with E-state index in [1.54, 1.807) is 24.5 Å². The molecule has 178 valence electrons. The fraction of sp³-hybridized carbons (Fsp3) is 0.417. The number of carbonyl (C=O) groups is 2. The van der Waals surface area contributed by atoms with Gasteiger partial charge in [-0.15, -0.1) is 10.2 Å². The van der Waals surface area contributed by atoms with Crippen LogP contribution in [0.4, 0.5) is 11.6 Å². The fourth-order valence-corrected chi connectivity index (χ4v) is 5.44. The number of piperidine rings is 1. The molecule has 1 fully saturated rings. The highest BCUT2D eigenvalue weighted by Gasteiger charge is 2.27. The monoisotopic (exact) mass is 481 g/mol. The molecule has 34 heavy (non-hydrogen) atoms. The predicted octanol–water partition coefficient (Wildman–Crippen LogP) is 3.71. The first kappa shape index (κ1) is 22.5. The average molecular weight is 482 g/mol. The van der Waals surface area contributed by atoms with Crippen molar-refractivity contribution >= 4 is 35.1 Å². The Morgan fingerprint density at radius 2 is 2.03 bits per heavy atom. The highest BCUT2D eigenvalue weighted by Crippen LogP contribution is 2.31. The molecule has 4 heterocycles. The zero-order valence-corrected chi connectivity index (χ0v) is 20.0. The second kappa shape index (κ2) is 9.54. The van der Waals surface area contributed by atoms with Gasteiger partial charge in [0.1, 0.15) is 11.5 Å². The molecule has 0 spiro atoms. The summed E-state index contributed by atoms with van der Waals surface area (Å²) in [5, 5.41) is 12.3. The molecule has 0 bridgehead atoms. The van der Waals surface area contributed by atoms with E-state index in [1.807, 2.05) is 16.7 Å². The summed E-state index contributed by atoms with van der Waals surface area (Å²) in [5.74, 6) is 3.21. The lowest BCUT2D eigenvalue weighted by atomic mass is 9.92. The minimum atomic E-state index is -0.230. The Balaban J connectivity index is 1.35. The van der Waals surface area contributed by atoms with Gasteiger partial charge in [-0.2, -0.15) is 0 Å². The molecule has 2 aliphatic heterocycles. The van der Waals surface area contributed by atoms with Crippen LogP contribution in [0, 0.1) is 11.8 Å². The summed E-state index contributed by atoms with van der Waals surface area (Å²) >= 11 is 1.35. The van der Waals surface area contributed by atoms with Crippen LogP contribution in [0.3, 0.4) is 0 Å². The first-order chi connectivity index (χ1) is 16.5. The molecule has 5 rings (SSSR count). The lowest BCUT2D eigenvalue weighted by Gasteiger charge is -2.35. The first-order valence-corrected chi connectivity index (χ1v) is 12.4. The number of ether oxygens (including phenoxy) is 1. The molecule has 0 aliphatic carbocycles. The molecule has 0 saturated carbocycles. The minimum absolute atomic E-state index is 0.0155. The third-order valence-corrected chi connectivity index (χ3v) is 6.98. The van der Waals surface area contributed by atoms with Gasteiger partial charge in [-0.05, 0) is 48.6 Å². The number of thioether (sulfide) groups is 1. The third kappa shape index (κ3) is 4.82. The van der Waals surface area contributed by atoms with Crippen molar-refractivity contribution in [3.8, 4) is 5.75 Å². The normalized spacial score (nSPS) is 19.9. The topological polar surface area (TPSA) is 102 Å². The van der Waals surface area contributed by atoms with Crippen LogP contribution in [0.25, 0.3) is 0 Å². The van der Waals surface area contributed by atoms with Gasteiger partial charge in [-0.3, -0.25) is 14.2 Å². The Morgan fingerprint density at radius 3 is 2.79 bits per heavy atom. The Bertz CT molecular complexity index is 1180. The van der Waals surface area contributed by atoms with Crippen LogP contribution < -0.4 is 15.0 Å². The zero-order valence-electron chi connectivity index (χ0n) is 19.2. The maximum absolute atomic E-state index is 12.9. The number of fused-ring (bicyclic) bond motifs is 1. The van der Waals surface area contributed by atoms with Crippen molar-refractivity contribution in [3.63, 3.8) is 0 Å². The van der Waals surface area contributed by atoms with Gasteiger partial charge >= 0.3 is 0 Å². The molecule has 1 N–H and O–H groups in total. The van der Waals surface area contributed by atoms with E-state index < -0.39 is 0 Å². The van der Waals surface area contributed by atoms with E-state index in [2.05, 4.69) is 34.3 Å². The van der Waals surface area contributed by atoms with Gasteiger partial charge in [0.15, 0.2) is 17.5 Å². The highest BCUT2D eigenvalue weighted by molar-refractivity contribution is 7.99. The Labute approximate surface area is 201 Å². The molecule has 2 aromatic heterocycles. The lowest BCUT2D eigenvalue weighted by molar-refractivity contribution is -0.118. The lowest BCUT2D eigenvalue weighted by Crippen LogP contribution is -2.40. The molecule has 0 radical (unpaired) electrons. The van der Waals surface area contributed by atoms with Crippen molar-refractivity contribution in [1.29, 1.82) is 0 Å². The molecule has 2 unspecified atom stereocenters. The van der Waals surface area contributed by atoms with E-state index in [4.69, 9.17) is 9.15 Å². The molecule has 1 aromatic carbocycles. The Kier molecular flexibility index (Phi) is 6.32. The van der Waals surface area contributed by atoms with Crippen molar-refractivity contribution in [3.05, 3.63) is 47.9 Å². The minimum Gasteiger partial charge on any atom is -0.482 e. The molecule has 3 aromatic rings. The Morgan fingerprint density at radius 1 is 1.21 bits per heavy atom. The molecular weight excluding hydrogens is 454 g/mol. The van der Waals surface area contributed by atoms with Crippen molar-refractivity contribution in [2.45, 2.75) is 32.0 Å². The van der Waals surface area contributed by atoms with Gasteiger partial charge in [0.05, 0.1) is 24.2 Å². The number of Topliss-reactive ketones (excluding diaryl/α,β-unsaturated/α-hetero) is 1. The van der Waals surface area contributed by atoms with Crippen molar-refractivity contribution in [2.24, 2.45) is 11.8 Å². The summed E-state index contributed by atoms with van der Waals surface area (Å²) in [6, 6.07) is 8.87. The molecule has 9 nitrogen and oxygen atoms in total. The number of amides is 1. The van der Waals surface area contributed by atoms with Crippen LogP contribution in [-0.2, 0) is 11.3 Å². The summed E-state index contributed by atoms with van der Waals surface area (Å²) in [5.41, 5.74) is 1.02. The molecule has 2 atom stereocenters. The number of nitrogens with zero attached hydrogens (tertiary/aromatic N) is 4. The predicted molar refractivity (Wildman–Crippen MR) is 129 cm³/mol. The third-order valence-electron chi connectivity index (χ3n) is 6.01. The SMILES string of the molecule is CC1CC(C)CN(c2nnc(SCC(=O)c3ccc4c(c3)NC(=O)CO4)n2Cc2ccco2)C1. The average Bonchev–Trinajstić information content (AvgIpc) is 3.46. The van der Waals surface area contributed by atoms with Gasteiger partial charge < -0.3 is 19.4 Å². The number of furan rings is 1. The van der Waals surface area contributed by atoms with Crippen LogP contribution in [0.5, 0.6) is 5.75 Å². The smallest absolute Gasteiger partial charge is 0.262 e. The largest absolute Gasteiger partial charge is 0.482 e. The number of benzene rings is 1. The molecular formula is C24H27N5O4S. The summed E-state index contributed by atoms with van der Waals surface area (Å²) in [4.78, 5) is 26.8. The van der Waals surface area contributed by atoms with E-state index in [-0.39, 0.29) is 24.1 Å². The van der Waals surface area contributed by atoms with E-state index in [0.29, 0.717) is 40.5 Å². The number of ketones is 1. The maximum atomic E-state index is 12.9. The van der Waals surface area contributed by atoms with Crippen LogP contribution in [0.2, 0.25) is 0 Å².